The standard InChI is InChI=1S/C11H17NO2/c1-8-5-9(12-14-8)6-10(13)7-11(2,3)4/h5H,6-7H2,1-4H3. The van der Waals surface area contributed by atoms with E-state index in [0.717, 1.165) is 11.5 Å². The summed E-state index contributed by atoms with van der Waals surface area (Å²) >= 11 is 0. The van der Waals surface area contributed by atoms with Crippen molar-refractivity contribution in [3.63, 3.8) is 0 Å². The first-order valence-corrected chi connectivity index (χ1v) is 4.81. The monoisotopic (exact) mass is 195 g/mol. The number of Topliss-reactive ketones (excluding diaryl/α,β-unsaturated/α-hetero) is 1. The van der Waals surface area contributed by atoms with Gasteiger partial charge in [0.1, 0.15) is 11.5 Å². The predicted molar refractivity (Wildman–Crippen MR) is 54.0 cm³/mol. The molecule has 0 saturated heterocycles. The first-order chi connectivity index (χ1) is 6.37. The van der Waals surface area contributed by atoms with Gasteiger partial charge in [-0.15, -0.1) is 0 Å². The summed E-state index contributed by atoms with van der Waals surface area (Å²) in [6, 6.07) is 1.81. The summed E-state index contributed by atoms with van der Waals surface area (Å²) in [5.74, 6) is 0.967. The fourth-order valence-corrected chi connectivity index (χ4v) is 1.36. The molecule has 0 fully saturated rings. The molecule has 1 heterocycles. The van der Waals surface area contributed by atoms with Gasteiger partial charge in [-0.25, -0.2) is 0 Å². The molecule has 0 aliphatic rings. The summed E-state index contributed by atoms with van der Waals surface area (Å²) < 4.78 is 4.89. The highest BCUT2D eigenvalue weighted by Gasteiger charge is 2.17. The Bertz CT molecular complexity index is 320. The van der Waals surface area contributed by atoms with E-state index in [2.05, 4.69) is 25.9 Å². The number of hydrogen-bond donors (Lipinski definition) is 0. The summed E-state index contributed by atoms with van der Waals surface area (Å²) in [4.78, 5) is 11.6. The average molecular weight is 195 g/mol. The molecule has 0 radical (unpaired) electrons. The molecule has 3 heteroatoms. The topological polar surface area (TPSA) is 43.1 Å². The minimum absolute atomic E-state index is 0.0515. The molecule has 78 valence electrons. The Labute approximate surface area is 84.5 Å². The number of aromatic nitrogens is 1. The molecule has 0 saturated carbocycles. The van der Waals surface area contributed by atoms with Crippen molar-refractivity contribution in [3.05, 3.63) is 17.5 Å². The lowest BCUT2D eigenvalue weighted by molar-refractivity contribution is -0.120. The Morgan fingerprint density at radius 2 is 2.14 bits per heavy atom. The summed E-state index contributed by atoms with van der Waals surface area (Å²) in [6.07, 6.45) is 0.966. The lowest BCUT2D eigenvalue weighted by Crippen LogP contribution is -2.14. The molecule has 1 aromatic rings. The molecular formula is C11H17NO2. The molecule has 0 aromatic carbocycles. The van der Waals surface area contributed by atoms with Crippen LogP contribution in [0.1, 0.15) is 38.6 Å². The third-order valence-electron chi connectivity index (χ3n) is 1.78. The zero-order chi connectivity index (χ0) is 10.8. The molecule has 1 aromatic heterocycles. The molecule has 0 amide bonds. The second-order valence-electron chi connectivity index (χ2n) is 4.88. The Kier molecular flexibility index (Phi) is 3.09. The smallest absolute Gasteiger partial charge is 0.139 e. The highest BCUT2D eigenvalue weighted by Crippen LogP contribution is 2.19. The van der Waals surface area contributed by atoms with Crippen LogP contribution < -0.4 is 0 Å². The molecule has 14 heavy (non-hydrogen) atoms. The third-order valence-corrected chi connectivity index (χ3v) is 1.78. The summed E-state index contributed by atoms with van der Waals surface area (Å²) in [6.45, 7) is 7.99. The predicted octanol–water partition coefficient (Wildman–Crippen LogP) is 2.53. The van der Waals surface area contributed by atoms with E-state index in [1.807, 2.05) is 6.92 Å². The number of hydrogen-bond acceptors (Lipinski definition) is 3. The van der Waals surface area contributed by atoms with Crippen molar-refractivity contribution < 1.29 is 9.32 Å². The van der Waals surface area contributed by atoms with Crippen molar-refractivity contribution in [1.82, 2.24) is 5.16 Å². The number of rotatable bonds is 3. The molecule has 0 bridgehead atoms. The number of aryl methyl sites for hydroxylation is 1. The van der Waals surface area contributed by atoms with Crippen LogP contribution in [-0.4, -0.2) is 10.9 Å². The van der Waals surface area contributed by atoms with Gasteiger partial charge in [0.05, 0.1) is 12.1 Å². The van der Waals surface area contributed by atoms with Gasteiger partial charge in [-0.2, -0.15) is 0 Å². The van der Waals surface area contributed by atoms with Gasteiger partial charge in [-0.05, 0) is 12.3 Å². The maximum atomic E-state index is 11.6. The summed E-state index contributed by atoms with van der Waals surface area (Å²) in [7, 11) is 0. The van der Waals surface area contributed by atoms with Crippen LogP contribution in [0, 0.1) is 12.3 Å². The van der Waals surface area contributed by atoms with Crippen LogP contribution in [0.3, 0.4) is 0 Å². The lowest BCUT2D eigenvalue weighted by Gasteiger charge is -2.15. The number of carbonyl (C=O) groups excluding carboxylic acids is 1. The Hall–Kier alpha value is -1.12. The van der Waals surface area contributed by atoms with Gasteiger partial charge in [-0.3, -0.25) is 4.79 Å². The number of ketones is 1. The molecule has 0 aliphatic carbocycles. The van der Waals surface area contributed by atoms with Crippen molar-refractivity contribution in [2.45, 2.75) is 40.5 Å². The third kappa shape index (κ3) is 3.73. The zero-order valence-electron chi connectivity index (χ0n) is 9.26. The van der Waals surface area contributed by atoms with E-state index in [9.17, 15) is 4.79 Å². The molecule has 0 aliphatic heterocycles. The summed E-state index contributed by atoms with van der Waals surface area (Å²) in [5, 5.41) is 3.79. The van der Waals surface area contributed by atoms with E-state index in [-0.39, 0.29) is 11.2 Å². The van der Waals surface area contributed by atoms with E-state index in [4.69, 9.17) is 4.52 Å². The molecule has 0 spiro atoms. The quantitative estimate of drug-likeness (QED) is 0.744. The Balaban J connectivity index is 2.50. The minimum atomic E-state index is 0.0515. The van der Waals surface area contributed by atoms with Gasteiger partial charge in [0.15, 0.2) is 0 Å². The van der Waals surface area contributed by atoms with Crippen LogP contribution in [-0.2, 0) is 11.2 Å². The molecule has 0 N–H and O–H groups in total. The van der Waals surface area contributed by atoms with Gasteiger partial charge < -0.3 is 4.52 Å². The van der Waals surface area contributed by atoms with Crippen LogP contribution >= 0.6 is 0 Å². The number of carbonyl (C=O) groups is 1. The largest absolute Gasteiger partial charge is 0.361 e. The van der Waals surface area contributed by atoms with Crippen molar-refractivity contribution in [3.8, 4) is 0 Å². The average Bonchev–Trinajstić information content (AvgIpc) is 2.30. The van der Waals surface area contributed by atoms with E-state index >= 15 is 0 Å². The fraction of sp³-hybridized carbons (Fsp3) is 0.636. The van der Waals surface area contributed by atoms with E-state index in [1.165, 1.54) is 0 Å². The summed E-state index contributed by atoms with van der Waals surface area (Å²) in [5.41, 5.74) is 0.785. The second-order valence-corrected chi connectivity index (χ2v) is 4.88. The van der Waals surface area contributed by atoms with Crippen LogP contribution in [0.25, 0.3) is 0 Å². The van der Waals surface area contributed by atoms with Crippen molar-refractivity contribution >= 4 is 5.78 Å². The molecule has 3 nitrogen and oxygen atoms in total. The van der Waals surface area contributed by atoms with Gasteiger partial charge >= 0.3 is 0 Å². The normalized spacial score (nSPS) is 11.7. The van der Waals surface area contributed by atoms with Crippen LogP contribution in [0.5, 0.6) is 0 Å². The van der Waals surface area contributed by atoms with Gasteiger partial charge in [0, 0.05) is 12.5 Å². The second kappa shape index (κ2) is 3.95. The molecule has 1 rings (SSSR count). The lowest BCUT2D eigenvalue weighted by atomic mass is 9.89. The van der Waals surface area contributed by atoms with Crippen molar-refractivity contribution in [2.24, 2.45) is 5.41 Å². The first kappa shape index (κ1) is 11.0. The van der Waals surface area contributed by atoms with Crippen LogP contribution in [0.4, 0.5) is 0 Å². The van der Waals surface area contributed by atoms with Crippen LogP contribution in [0.2, 0.25) is 0 Å². The van der Waals surface area contributed by atoms with E-state index in [1.54, 1.807) is 6.07 Å². The van der Waals surface area contributed by atoms with Crippen LogP contribution in [0.15, 0.2) is 10.6 Å². The Morgan fingerprint density at radius 1 is 1.50 bits per heavy atom. The fourth-order valence-electron chi connectivity index (χ4n) is 1.36. The van der Waals surface area contributed by atoms with E-state index < -0.39 is 0 Å². The highest BCUT2D eigenvalue weighted by molar-refractivity contribution is 5.80. The van der Waals surface area contributed by atoms with Gasteiger partial charge in [-0.1, -0.05) is 25.9 Å². The SMILES string of the molecule is Cc1cc(CC(=O)CC(C)(C)C)no1. The van der Waals surface area contributed by atoms with Gasteiger partial charge in [0.2, 0.25) is 0 Å². The van der Waals surface area contributed by atoms with E-state index in [0.29, 0.717) is 12.8 Å². The number of nitrogens with zero attached hydrogens (tertiary/aromatic N) is 1. The molecule has 0 unspecified atom stereocenters. The van der Waals surface area contributed by atoms with Gasteiger partial charge in [0.25, 0.3) is 0 Å². The Morgan fingerprint density at radius 3 is 2.57 bits per heavy atom. The first-order valence-electron chi connectivity index (χ1n) is 4.81. The maximum absolute atomic E-state index is 11.6. The molecular weight excluding hydrogens is 178 g/mol. The molecule has 0 atom stereocenters. The minimum Gasteiger partial charge on any atom is -0.361 e. The zero-order valence-corrected chi connectivity index (χ0v) is 9.26. The maximum Gasteiger partial charge on any atom is 0.139 e. The van der Waals surface area contributed by atoms with Crippen molar-refractivity contribution in [1.29, 1.82) is 0 Å². The highest BCUT2D eigenvalue weighted by atomic mass is 16.5. The van der Waals surface area contributed by atoms with Crippen molar-refractivity contribution in [2.75, 3.05) is 0 Å².